The van der Waals surface area contributed by atoms with Crippen LogP contribution in [0.3, 0.4) is 0 Å². The van der Waals surface area contributed by atoms with Crippen LogP contribution in [-0.4, -0.2) is 44.0 Å². The first-order valence-electron chi connectivity index (χ1n) is 6.65. The third-order valence-electron chi connectivity index (χ3n) is 3.10. The number of aromatic nitrogens is 1. The number of hydrogen-bond acceptors (Lipinski definition) is 4. The lowest BCUT2D eigenvalue weighted by Crippen LogP contribution is -2.39. The zero-order valence-electron chi connectivity index (χ0n) is 12.3. The third-order valence-corrected chi connectivity index (χ3v) is 3.10. The van der Waals surface area contributed by atoms with Crippen molar-refractivity contribution in [3.63, 3.8) is 0 Å². The number of carboxylic acids is 1. The van der Waals surface area contributed by atoms with E-state index < -0.39 is 16.8 Å². The Morgan fingerprint density at radius 2 is 2.10 bits per heavy atom. The van der Waals surface area contributed by atoms with Crippen molar-refractivity contribution >= 4 is 17.6 Å². The van der Waals surface area contributed by atoms with Gasteiger partial charge in [-0.3, -0.25) is 19.7 Å². The van der Waals surface area contributed by atoms with Crippen molar-refractivity contribution in [1.82, 2.24) is 9.47 Å². The second-order valence-electron chi connectivity index (χ2n) is 4.86. The van der Waals surface area contributed by atoms with Gasteiger partial charge in [-0.05, 0) is 20.8 Å². The van der Waals surface area contributed by atoms with Crippen LogP contribution in [0.1, 0.15) is 37.7 Å². The highest BCUT2D eigenvalue weighted by Gasteiger charge is 2.25. The van der Waals surface area contributed by atoms with Crippen LogP contribution in [0.25, 0.3) is 0 Å². The Morgan fingerprint density at radius 1 is 1.48 bits per heavy atom. The van der Waals surface area contributed by atoms with Crippen LogP contribution in [0.4, 0.5) is 5.69 Å². The predicted molar refractivity (Wildman–Crippen MR) is 75.2 cm³/mol. The SMILES string of the molecule is CCn1cc([N+](=O)[O-])cc1C(=O)N(CCC(=O)O)C(C)C. The lowest BCUT2D eigenvalue weighted by atomic mass is 10.2. The van der Waals surface area contributed by atoms with Gasteiger partial charge in [-0.15, -0.1) is 0 Å². The van der Waals surface area contributed by atoms with Gasteiger partial charge in [0.2, 0.25) is 0 Å². The minimum absolute atomic E-state index is 0.0640. The summed E-state index contributed by atoms with van der Waals surface area (Å²) in [7, 11) is 0. The van der Waals surface area contributed by atoms with Crippen LogP contribution in [0.15, 0.2) is 12.3 Å². The monoisotopic (exact) mass is 297 g/mol. The Kier molecular flexibility index (Phi) is 5.45. The molecule has 0 saturated carbocycles. The van der Waals surface area contributed by atoms with Gasteiger partial charge in [0.1, 0.15) is 5.69 Å². The molecule has 0 saturated heterocycles. The summed E-state index contributed by atoms with van der Waals surface area (Å²) in [6, 6.07) is 1.03. The fourth-order valence-corrected chi connectivity index (χ4v) is 1.99. The van der Waals surface area contributed by atoms with Crippen molar-refractivity contribution < 1.29 is 19.6 Å². The van der Waals surface area contributed by atoms with Crippen molar-refractivity contribution in [3.8, 4) is 0 Å². The molecule has 0 aliphatic rings. The van der Waals surface area contributed by atoms with Crippen LogP contribution in [-0.2, 0) is 11.3 Å². The maximum absolute atomic E-state index is 12.5. The van der Waals surface area contributed by atoms with E-state index in [1.165, 1.54) is 21.7 Å². The van der Waals surface area contributed by atoms with E-state index in [1.54, 1.807) is 20.8 Å². The number of hydrogen-bond donors (Lipinski definition) is 1. The topological polar surface area (TPSA) is 106 Å². The number of aryl methyl sites for hydroxylation is 1. The highest BCUT2D eigenvalue weighted by atomic mass is 16.6. The van der Waals surface area contributed by atoms with Gasteiger partial charge in [0, 0.05) is 25.2 Å². The third kappa shape index (κ3) is 4.04. The smallest absolute Gasteiger partial charge is 0.305 e. The second kappa shape index (κ2) is 6.87. The quantitative estimate of drug-likeness (QED) is 0.609. The predicted octanol–water partition coefficient (Wildman–Crippen LogP) is 1.74. The van der Waals surface area contributed by atoms with Crippen LogP contribution >= 0.6 is 0 Å². The van der Waals surface area contributed by atoms with Gasteiger partial charge in [-0.1, -0.05) is 0 Å². The van der Waals surface area contributed by atoms with E-state index in [0.29, 0.717) is 6.54 Å². The molecule has 1 N–H and O–H groups in total. The zero-order valence-corrected chi connectivity index (χ0v) is 12.3. The molecule has 0 aliphatic heterocycles. The van der Waals surface area contributed by atoms with E-state index in [-0.39, 0.29) is 30.4 Å². The first kappa shape index (κ1) is 16.7. The molecular weight excluding hydrogens is 278 g/mol. The summed E-state index contributed by atoms with van der Waals surface area (Å²) in [5.74, 6) is -1.40. The number of nitrogens with zero attached hydrogens (tertiary/aromatic N) is 3. The summed E-state index contributed by atoms with van der Waals surface area (Å²) in [5, 5.41) is 19.6. The molecule has 0 aliphatic carbocycles. The first-order valence-corrected chi connectivity index (χ1v) is 6.65. The molecule has 0 radical (unpaired) electrons. The molecule has 116 valence electrons. The minimum Gasteiger partial charge on any atom is -0.481 e. The number of rotatable bonds is 7. The van der Waals surface area contributed by atoms with E-state index >= 15 is 0 Å². The lowest BCUT2D eigenvalue weighted by Gasteiger charge is -2.26. The molecule has 0 atom stereocenters. The Bertz CT molecular complexity index is 550. The summed E-state index contributed by atoms with van der Waals surface area (Å²) < 4.78 is 1.50. The molecule has 21 heavy (non-hydrogen) atoms. The maximum atomic E-state index is 12.5. The van der Waals surface area contributed by atoms with Gasteiger partial charge in [-0.2, -0.15) is 0 Å². The summed E-state index contributed by atoms with van der Waals surface area (Å²) >= 11 is 0. The van der Waals surface area contributed by atoms with Gasteiger partial charge < -0.3 is 14.6 Å². The molecule has 1 amide bonds. The van der Waals surface area contributed by atoms with Crippen molar-refractivity contribution in [2.24, 2.45) is 0 Å². The highest BCUT2D eigenvalue weighted by Crippen LogP contribution is 2.19. The van der Waals surface area contributed by atoms with Gasteiger partial charge in [0.05, 0.1) is 17.5 Å². The maximum Gasteiger partial charge on any atom is 0.305 e. The second-order valence-corrected chi connectivity index (χ2v) is 4.86. The average Bonchev–Trinajstić information content (AvgIpc) is 2.82. The van der Waals surface area contributed by atoms with Crippen molar-refractivity contribution in [2.75, 3.05) is 6.54 Å². The number of aliphatic carboxylic acids is 1. The largest absolute Gasteiger partial charge is 0.481 e. The molecule has 1 aromatic rings. The fourth-order valence-electron chi connectivity index (χ4n) is 1.99. The standard InChI is InChI=1S/C13H19N3O5/c1-4-14-8-10(16(20)21)7-11(14)13(19)15(9(2)3)6-5-12(17)18/h7-9H,4-6H2,1-3H3,(H,17,18). The van der Waals surface area contributed by atoms with Crippen molar-refractivity contribution in [3.05, 3.63) is 28.1 Å². The van der Waals surface area contributed by atoms with Crippen LogP contribution in [0.2, 0.25) is 0 Å². The molecule has 0 fully saturated rings. The number of carbonyl (C=O) groups is 2. The molecule has 0 bridgehead atoms. The number of carbonyl (C=O) groups excluding carboxylic acids is 1. The van der Waals surface area contributed by atoms with Crippen molar-refractivity contribution in [1.29, 1.82) is 0 Å². The highest BCUT2D eigenvalue weighted by molar-refractivity contribution is 5.94. The normalized spacial score (nSPS) is 10.7. The fraction of sp³-hybridized carbons (Fsp3) is 0.538. The molecule has 8 nitrogen and oxygen atoms in total. The van der Waals surface area contributed by atoms with Crippen LogP contribution in [0.5, 0.6) is 0 Å². The van der Waals surface area contributed by atoms with E-state index in [1.807, 2.05) is 0 Å². The lowest BCUT2D eigenvalue weighted by molar-refractivity contribution is -0.384. The Morgan fingerprint density at radius 3 is 2.52 bits per heavy atom. The Labute approximate surface area is 122 Å². The molecule has 1 heterocycles. The summed E-state index contributed by atoms with van der Waals surface area (Å²) in [4.78, 5) is 34.8. The molecule has 0 unspecified atom stereocenters. The number of nitro groups is 1. The van der Waals surface area contributed by atoms with Gasteiger partial charge >= 0.3 is 5.97 Å². The van der Waals surface area contributed by atoms with E-state index in [0.717, 1.165) is 0 Å². The summed E-state index contributed by atoms with van der Waals surface area (Å²) in [5.41, 5.74) is 0.0467. The number of amides is 1. The summed E-state index contributed by atoms with van der Waals surface area (Å²) in [6.45, 7) is 5.80. The molecule has 1 rings (SSSR count). The van der Waals surface area contributed by atoms with Gasteiger partial charge in [-0.25, -0.2) is 0 Å². The van der Waals surface area contributed by atoms with Crippen LogP contribution in [0, 0.1) is 10.1 Å². The molecule has 8 heteroatoms. The van der Waals surface area contributed by atoms with E-state index in [9.17, 15) is 19.7 Å². The molecular formula is C13H19N3O5. The first-order chi connectivity index (χ1) is 9.77. The molecule has 1 aromatic heterocycles. The molecule has 0 aromatic carbocycles. The van der Waals surface area contributed by atoms with E-state index in [4.69, 9.17) is 5.11 Å². The zero-order chi connectivity index (χ0) is 16.2. The van der Waals surface area contributed by atoms with E-state index in [2.05, 4.69) is 0 Å². The Hall–Kier alpha value is -2.38. The Balaban J connectivity index is 3.08. The number of carboxylic acid groups (broad SMARTS) is 1. The minimum atomic E-state index is -0.995. The summed E-state index contributed by atoms with van der Waals surface area (Å²) in [6.07, 6.45) is 1.14. The van der Waals surface area contributed by atoms with Gasteiger partial charge in [0.25, 0.3) is 11.6 Å². The van der Waals surface area contributed by atoms with Gasteiger partial charge in [0.15, 0.2) is 0 Å². The molecule has 0 spiro atoms. The van der Waals surface area contributed by atoms with Crippen molar-refractivity contribution in [2.45, 2.75) is 39.8 Å². The van der Waals surface area contributed by atoms with Crippen LogP contribution < -0.4 is 0 Å². The average molecular weight is 297 g/mol.